The Balaban J connectivity index is 1.91. The van der Waals surface area contributed by atoms with Crippen LogP contribution in [-0.4, -0.2) is 23.2 Å². The lowest BCUT2D eigenvalue weighted by molar-refractivity contribution is -0.129. The van der Waals surface area contributed by atoms with Crippen molar-refractivity contribution in [1.29, 1.82) is 0 Å². The average Bonchev–Trinajstić information content (AvgIpc) is 2.64. The maximum Gasteiger partial charge on any atom is 0.222 e. The summed E-state index contributed by atoms with van der Waals surface area (Å²) in [5.74, 6) is -0.745. The number of aliphatic hydroxyl groups is 1. The molecule has 0 unspecified atom stereocenters. The van der Waals surface area contributed by atoms with Gasteiger partial charge >= 0.3 is 0 Å². The molecule has 1 fully saturated rings. The number of hydrogen-bond acceptors (Lipinski definition) is 3. The van der Waals surface area contributed by atoms with E-state index in [4.69, 9.17) is 33.0 Å². The molecule has 3 rings (SSSR count). The van der Waals surface area contributed by atoms with Gasteiger partial charge in [-0.1, -0.05) is 41.4 Å². The molecular weight excluding hydrogens is 404 g/mol. The summed E-state index contributed by atoms with van der Waals surface area (Å²) in [6, 6.07) is 11.9. The van der Waals surface area contributed by atoms with Gasteiger partial charge < -0.3 is 15.2 Å². The number of carbonyl (C=O) groups is 1. The zero-order valence-corrected chi connectivity index (χ0v) is 16.9. The van der Waals surface area contributed by atoms with Crippen molar-refractivity contribution in [3.63, 3.8) is 0 Å². The van der Waals surface area contributed by atoms with Crippen LogP contribution in [-0.2, 0) is 9.53 Å². The fourth-order valence-electron chi connectivity index (χ4n) is 3.58. The first kappa shape index (κ1) is 21.1. The second kappa shape index (κ2) is 8.78. The number of amides is 1. The molecule has 1 heterocycles. The number of ether oxygens (including phenoxy) is 1. The van der Waals surface area contributed by atoms with Crippen molar-refractivity contribution in [2.45, 2.75) is 43.9 Å². The molecule has 0 aliphatic carbocycles. The Bertz CT molecular complexity index is 846. The molecule has 4 nitrogen and oxygen atoms in total. The first-order chi connectivity index (χ1) is 13.3. The van der Waals surface area contributed by atoms with E-state index in [9.17, 15) is 9.18 Å². The molecule has 1 amide bonds. The van der Waals surface area contributed by atoms with Crippen LogP contribution < -0.4 is 5.32 Å². The lowest BCUT2D eigenvalue weighted by Gasteiger charge is -2.43. The van der Waals surface area contributed by atoms with Crippen LogP contribution >= 0.6 is 23.2 Å². The Morgan fingerprint density at radius 2 is 1.79 bits per heavy atom. The van der Waals surface area contributed by atoms with Gasteiger partial charge in [0.2, 0.25) is 5.91 Å². The van der Waals surface area contributed by atoms with Crippen molar-refractivity contribution < 1.29 is 19.0 Å². The van der Waals surface area contributed by atoms with Crippen molar-refractivity contribution in [2.24, 2.45) is 0 Å². The molecule has 2 N–H and O–H groups in total. The van der Waals surface area contributed by atoms with Crippen LogP contribution in [0.4, 0.5) is 4.39 Å². The largest absolute Gasteiger partial charge is 0.396 e. The topological polar surface area (TPSA) is 58.6 Å². The standard InChI is InChI=1S/C21H22Cl2FNO3/c1-21(25-20(27)8-9-26)11-18(13-2-5-15(22)6-3-13)28-19(12-21)14-4-7-16(23)17(24)10-14/h2-7,10,18-19,26H,8-9,11-12H2,1H3,(H,25,27)/t18-,19+,21-/m0/s1. The van der Waals surface area contributed by atoms with Gasteiger partial charge in [-0.25, -0.2) is 4.39 Å². The van der Waals surface area contributed by atoms with E-state index in [0.29, 0.717) is 23.4 Å². The van der Waals surface area contributed by atoms with Crippen LogP contribution in [0.25, 0.3) is 0 Å². The molecule has 0 aromatic heterocycles. The van der Waals surface area contributed by atoms with Gasteiger partial charge in [0, 0.05) is 29.8 Å². The number of carbonyl (C=O) groups excluding carboxylic acids is 1. The molecule has 150 valence electrons. The van der Waals surface area contributed by atoms with Crippen molar-refractivity contribution in [3.8, 4) is 0 Å². The minimum atomic E-state index is -0.588. The maximum atomic E-state index is 14.0. The summed E-state index contributed by atoms with van der Waals surface area (Å²) in [6.45, 7) is 1.72. The molecule has 2 aromatic carbocycles. The number of hydrogen-bond donors (Lipinski definition) is 2. The van der Waals surface area contributed by atoms with E-state index in [2.05, 4.69) is 5.32 Å². The second-order valence-electron chi connectivity index (χ2n) is 7.33. The third-order valence-electron chi connectivity index (χ3n) is 4.94. The Kier molecular flexibility index (Phi) is 6.61. The number of halogens is 3. The fourth-order valence-corrected chi connectivity index (χ4v) is 3.83. The molecule has 0 spiro atoms. The van der Waals surface area contributed by atoms with E-state index < -0.39 is 17.5 Å². The smallest absolute Gasteiger partial charge is 0.222 e. The third kappa shape index (κ3) is 5.03. The minimum absolute atomic E-state index is 0.0301. The van der Waals surface area contributed by atoms with Gasteiger partial charge in [-0.2, -0.15) is 0 Å². The highest BCUT2D eigenvalue weighted by Gasteiger charge is 2.40. The first-order valence-corrected chi connectivity index (χ1v) is 9.83. The quantitative estimate of drug-likeness (QED) is 0.709. The van der Waals surface area contributed by atoms with Crippen molar-refractivity contribution in [1.82, 2.24) is 5.32 Å². The number of nitrogens with one attached hydrogen (secondary N) is 1. The summed E-state index contributed by atoms with van der Waals surface area (Å²) in [6.07, 6.45) is 0.297. The van der Waals surface area contributed by atoms with Gasteiger partial charge in [0.25, 0.3) is 0 Å². The van der Waals surface area contributed by atoms with E-state index in [1.807, 2.05) is 19.1 Å². The predicted molar refractivity (Wildman–Crippen MR) is 107 cm³/mol. The minimum Gasteiger partial charge on any atom is -0.396 e. The molecule has 1 aliphatic rings. The van der Waals surface area contributed by atoms with Gasteiger partial charge in [0.1, 0.15) is 5.82 Å². The Morgan fingerprint density at radius 1 is 1.18 bits per heavy atom. The molecule has 3 atom stereocenters. The van der Waals surface area contributed by atoms with E-state index >= 15 is 0 Å². The van der Waals surface area contributed by atoms with Crippen molar-refractivity contribution in [3.05, 3.63) is 69.5 Å². The van der Waals surface area contributed by atoms with E-state index in [1.165, 1.54) is 12.1 Å². The maximum absolute atomic E-state index is 14.0. The zero-order valence-electron chi connectivity index (χ0n) is 15.4. The number of rotatable bonds is 5. The SMILES string of the molecule is C[C@]1(NC(=O)CCO)C[C@@H](c2ccc(Cl)cc2)O[C@@H](c2ccc(Cl)c(F)c2)C1. The molecular formula is C21H22Cl2FNO3. The Morgan fingerprint density at radius 3 is 2.39 bits per heavy atom. The molecule has 28 heavy (non-hydrogen) atoms. The molecule has 1 aliphatic heterocycles. The van der Waals surface area contributed by atoms with Gasteiger partial charge in [0.05, 0.1) is 23.8 Å². The molecule has 7 heteroatoms. The fraction of sp³-hybridized carbons (Fsp3) is 0.381. The van der Waals surface area contributed by atoms with Crippen LogP contribution in [0.15, 0.2) is 42.5 Å². The van der Waals surface area contributed by atoms with Crippen LogP contribution in [0.3, 0.4) is 0 Å². The average molecular weight is 426 g/mol. The Hall–Kier alpha value is -1.66. The van der Waals surface area contributed by atoms with E-state index in [1.54, 1.807) is 18.2 Å². The Labute approximate surface area is 173 Å². The summed E-state index contributed by atoms with van der Waals surface area (Å²) in [7, 11) is 0. The number of aliphatic hydroxyl groups excluding tert-OH is 1. The van der Waals surface area contributed by atoms with Crippen LogP contribution in [0.5, 0.6) is 0 Å². The monoisotopic (exact) mass is 425 g/mol. The molecule has 0 bridgehead atoms. The van der Waals surface area contributed by atoms with Crippen LogP contribution in [0.2, 0.25) is 10.0 Å². The lowest BCUT2D eigenvalue weighted by atomic mass is 9.81. The second-order valence-corrected chi connectivity index (χ2v) is 8.17. The highest BCUT2D eigenvalue weighted by atomic mass is 35.5. The zero-order chi connectivity index (χ0) is 20.3. The van der Waals surface area contributed by atoms with Crippen LogP contribution in [0.1, 0.15) is 49.5 Å². The van der Waals surface area contributed by atoms with Crippen LogP contribution in [0, 0.1) is 5.82 Å². The normalized spacial score (nSPS) is 24.8. The van der Waals surface area contributed by atoms with Gasteiger partial charge in [-0.05, 0) is 42.3 Å². The summed E-state index contributed by atoms with van der Waals surface area (Å²) >= 11 is 11.8. The third-order valence-corrected chi connectivity index (χ3v) is 5.50. The van der Waals surface area contributed by atoms with E-state index in [-0.39, 0.29) is 30.1 Å². The van der Waals surface area contributed by atoms with Gasteiger partial charge in [-0.15, -0.1) is 0 Å². The molecule has 0 radical (unpaired) electrons. The molecule has 1 saturated heterocycles. The van der Waals surface area contributed by atoms with Gasteiger partial charge in [-0.3, -0.25) is 4.79 Å². The predicted octanol–water partition coefficient (Wildman–Crippen LogP) is 4.98. The highest BCUT2D eigenvalue weighted by molar-refractivity contribution is 6.30. The van der Waals surface area contributed by atoms with Crippen molar-refractivity contribution >= 4 is 29.1 Å². The van der Waals surface area contributed by atoms with Crippen molar-refractivity contribution in [2.75, 3.05) is 6.61 Å². The summed E-state index contributed by atoms with van der Waals surface area (Å²) in [5, 5.41) is 12.7. The highest BCUT2D eigenvalue weighted by Crippen LogP contribution is 2.44. The number of benzene rings is 2. The first-order valence-electron chi connectivity index (χ1n) is 9.07. The summed E-state index contributed by atoms with van der Waals surface area (Å²) < 4.78 is 20.3. The molecule has 2 aromatic rings. The van der Waals surface area contributed by atoms with Gasteiger partial charge in [0.15, 0.2) is 0 Å². The van der Waals surface area contributed by atoms with E-state index in [0.717, 1.165) is 5.56 Å². The lowest BCUT2D eigenvalue weighted by Crippen LogP contribution is -2.51. The molecule has 0 saturated carbocycles. The summed E-state index contributed by atoms with van der Waals surface area (Å²) in [4.78, 5) is 12.1. The summed E-state index contributed by atoms with van der Waals surface area (Å²) in [5.41, 5.74) is 0.990.